The Balaban J connectivity index is 0.877. The predicted octanol–water partition coefficient (Wildman–Crippen LogP) is 6.35. The Morgan fingerprint density at radius 1 is 0.694 bits per heavy atom. The van der Waals surface area contributed by atoms with Crippen molar-refractivity contribution in [3.05, 3.63) is 91.9 Å². The highest BCUT2D eigenvalue weighted by molar-refractivity contribution is 9.10. The lowest BCUT2D eigenvalue weighted by Crippen LogP contribution is -2.30. The quantitative estimate of drug-likeness (QED) is 0.149. The Bertz CT molecular complexity index is 1880. The molecule has 252 valence electrons. The summed E-state index contributed by atoms with van der Waals surface area (Å²) in [4.78, 5) is 65.9. The zero-order valence-electron chi connectivity index (χ0n) is 26.4. The Labute approximate surface area is 298 Å². The van der Waals surface area contributed by atoms with Gasteiger partial charge in [0.25, 0.3) is 11.8 Å². The van der Waals surface area contributed by atoms with Crippen LogP contribution in [0.3, 0.4) is 0 Å². The summed E-state index contributed by atoms with van der Waals surface area (Å²) in [5, 5.41) is 0. The van der Waals surface area contributed by atoms with Gasteiger partial charge in [-0.05, 0) is 81.3 Å². The molecule has 0 N–H and O–H groups in total. The average Bonchev–Trinajstić information content (AvgIpc) is 3.91. The van der Waals surface area contributed by atoms with Crippen molar-refractivity contribution in [1.82, 2.24) is 28.9 Å². The zero-order valence-corrected chi connectivity index (χ0v) is 29.6. The van der Waals surface area contributed by atoms with Gasteiger partial charge >= 0.3 is 11.9 Å². The van der Waals surface area contributed by atoms with Crippen LogP contribution < -0.4 is 0 Å². The van der Waals surface area contributed by atoms with Gasteiger partial charge in [-0.3, -0.25) is 18.7 Å². The molecule has 2 aromatic carbocycles. The van der Waals surface area contributed by atoms with Crippen LogP contribution in [-0.2, 0) is 9.47 Å². The van der Waals surface area contributed by atoms with Crippen LogP contribution in [0.4, 0.5) is 0 Å². The number of fused-ring (bicyclic) bond motifs is 10. The highest BCUT2D eigenvalue weighted by Gasteiger charge is 2.42. The number of hydrogen-bond acceptors (Lipinski definition) is 8. The van der Waals surface area contributed by atoms with Gasteiger partial charge in [-0.2, -0.15) is 0 Å². The number of rotatable bonds is 8. The third-order valence-electron chi connectivity index (χ3n) is 9.81. The van der Waals surface area contributed by atoms with E-state index in [1.807, 2.05) is 55.3 Å². The summed E-state index contributed by atoms with van der Waals surface area (Å²) in [6.45, 7) is 1.61. The van der Waals surface area contributed by atoms with Crippen LogP contribution in [-0.4, -0.2) is 79.0 Å². The third kappa shape index (κ3) is 5.49. The summed E-state index contributed by atoms with van der Waals surface area (Å²) >= 11 is 6.95. The first-order chi connectivity index (χ1) is 23.8. The highest BCUT2D eigenvalue weighted by Crippen LogP contribution is 2.42. The number of aromatic nitrogens is 4. The van der Waals surface area contributed by atoms with Crippen molar-refractivity contribution in [3.8, 4) is 11.4 Å². The number of ether oxygens (including phenoxy) is 2. The smallest absolute Gasteiger partial charge is 0.358 e. The SMILES string of the molecule is O=C(OCCCCCOC(=O)c1ncn2c1[C@@H]1CCCN1C(=O)c1cc(Br)ccc1-2)c1ncn2c1C1CCCN1C(=O)c1cc(Br)ccc1-2. The number of nitrogens with zero attached hydrogens (tertiary/aromatic N) is 6. The van der Waals surface area contributed by atoms with E-state index >= 15 is 0 Å². The molecule has 4 aliphatic heterocycles. The zero-order chi connectivity index (χ0) is 33.8. The largest absolute Gasteiger partial charge is 0.461 e. The third-order valence-corrected chi connectivity index (χ3v) is 10.8. The van der Waals surface area contributed by atoms with Crippen molar-refractivity contribution in [3.63, 3.8) is 0 Å². The Morgan fingerprint density at radius 3 is 1.59 bits per heavy atom. The molecule has 0 spiro atoms. The number of imidazole rings is 2. The molecule has 14 heteroatoms. The number of unbranched alkanes of at least 4 members (excludes halogenated alkanes) is 2. The van der Waals surface area contributed by atoms with Crippen molar-refractivity contribution in [2.75, 3.05) is 26.3 Å². The first kappa shape index (κ1) is 31.9. The second-order valence-electron chi connectivity index (χ2n) is 12.7. The summed E-state index contributed by atoms with van der Waals surface area (Å²) in [5.74, 6) is -1.15. The van der Waals surface area contributed by atoms with Crippen molar-refractivity contribution in [1.29, 1.82) is 0 Å². The van der Waals surface area contributed by atoms with Crippen molar-refractivity contribution in [2.24, 2.45) is 0 Å². The topological polar surface area (TPSA) is 129 Å². The van der Waals surface area contributed by atoms with Crippen molar-refractivity contribution >= 4 is 55.6 Å². The van der Waals surface area contributed by atoms with Gasteiger partial charge in [0.05, 0.1) is 59.2 Å². The summed E-state index contributed by atoms with van der Waals surface area (Å²) in [6.07, 6.45) is 8.21. The minimum absolute atomic E-state index is 0.0554. The van der Waals surface area contributed by atoms with E-state index in [1.165, 1.54) is 0 Å². The lowest BCUT2D eigenvalue weighted by atomic mass is 10.1. The van der Waals surface area contributed by atoms with Gasteiger partial charge in [-0.25, -0.2) is 19.6 Å². The van der Waals surface area contributed by atoms with Gasteiger partial charge in [-0.1, -0.05) is 31.9 Å². The normalized spacial score (nSPS) is 18.9. The fraction of sp³-hybridized carbons (Fsp3) is 0.371. The minimum atomic E-state index is -0.520. The molecule has 6 heterocycles. The van der Waals surface area contributed by atoms with Crippen molar-refractivity contribution in [2.45, 2.75) is 57.0 Å². The van der Waals surface area contributed by atoms with Crippen LogP contribution >= 0.6 is 31.9 Å². The predicted molar refractivity (Wildman–Crippen MR) is 183 cm³/mol. The molecule has 0 aliphatic carbocycles. The number of benzene rings is 2. The van der Waals surface area contributed by atoms with E-state index in [0.717, 1.165) is 34.6 Å². The molecule has 12 nitrogen and oxygen atoms in total. The van der Waals surface area contributed by atoms with Gasteiger partial charge in [-0.15, -0.1) is 0 Å². The van der Waals surface area contributed by atoms with Gasteiger partial charge in [0.2, 0.25) is 0 Å². The number of carbonyl (C=O) groups is 4. The molecule has 4 aliphatic rings. The number of hydrogen-bond donors (Lipinski definition) is 0. The molecule has 2 atom stereocenters. The Kier molecular flexibility index (Phi) is 8.38. The van der Waals surface area contributed by atoms with E-state index in [1.54, 1.807) is 12.7 Å². The Morgan fingerprint density at radius 2 is 1.14 bits per heavy atom. The number of amides is 2. The molecule has 4 aromatic rings. The summed E-state index contributed by atoms with van der Waals surface area (Å²) in [6, 6.07) is 10.6. The monoisotopic (exact) mass is 790 g/mol. The van der Waals surface area contributed by atoms with Crippen LogP contribution in [0.1, 0.15) is 110 Å². The molecule has 2 fully saturated rings. The molecule has 49 heavy (non-hydrogen) atoms. The fourth-order valence-corrected chi connectivity index (χ4v) is 8.30. The fourth-order valence-electron chi connectivity index (χ4n) is 7.58. The average molecular weight is 792 g/mol. The molecule has 2 amide bonds. The van der Waals surface area contributed by atoms with E-state index in [4.69, 9.17) is 9.47 Å². The van der Waals surface area contributed by atoms with Crippen LogP contribution in [0.5, 0.6) is 0 Å². The van der Waals surface area contributed by atoms with Gasteiger partial charge in [0, 0.05) is 22.0 Å². The van der Waals surface area contributed by atoms with E-state index in [2.05, 4.69) is 41.8 Å². The maximum Gasteiger partial charge on any atom is 0.358 e. The molecule has 8 rings (SSSR count). The number of halogens is 2. The van der Waals surface area contributed by atoms with E-state index in [-0.39, 0.29) is 48.5 Å². The summed E-state index contributed by atoms with van der Waals surface area (Å²) in [7, 11) is 0. The number of esters is 2. The van der Waals surface area contributed by atoms with Crippen LogP contribution in [0.15, 0.2) is 58.0 Å². The summed E-state index contributed by atoms with van der Waals surface area (Å²) < 4.78 is 16.6. The van der Waals surface area contributed by atoms with Gasteiger partial charge in [0.15, 0.2) is 11.4 Å². The van der Waals surface area contributed by atoms with Crippen LogP contribution in [0, 0.1) is 0 Å². The van der Waals surface area contributed by atoms with Crippen LogP contribution in [0.25, 0.3) is 11.4 Å². The molecular weight excluding hydrogens is 760 g/mol. The van der Waals surface area contributed by atoms with Gasteiger partial charge < -0.3 is 19.3 Å². The molecule has 2 saturated heterocycles. The molecule has 0 radical (unpaired) electrons. The molecule has 2 aromatic heterocycles. The first-order valence-electron chi connectivity index (χ1n) is 16.5. The minimum Gasteiger partial charge on any atom is -0.461 e. The first-order valence-corrected chi connectivity index (χ1v) is 18.1. The molecule has 1 unspecified atom stereocenters. The summed E-state index contributed by atoms with van der Waals surface area (Å²) in [5.41, 5.74) is 4.34. The van der Waals surface area contributed by atoms with Gasteiger partial charge in [0.1, 0.15) is 12.7 Å². The Hall–Kier alpha value is -4.30. The van der Waals surface area contributed by atoms with E-state index in [9.17, 15) is 19.2 Å². The second kappa shape index (κ2) is 12.9. The van der Waals surface area contributed by atoms with E-state index in [0.29, 0.717) is 66.2 Å². The van der Waals surface area contributed by atoms with Crippen LogP contribution in [0.2, 0.25) is 0 Å². The standard InChI is InChI=1S/C35H32Br2N6O6/c36-20-8-10-24-22(16-20)32(44)40-12-4-6-26(40)30-28(38-18-42(24)30)34(46)48-14-2-1-3-15-49-35(47)29-31-27-7-5-13-41(27)33(45)23-17-21(37)9-11-25(23)43(31)19-39-29/h8-11,16-19,26-27H,1-7,12-15H2/t26-,27?/m0/s1. The molecule has 0 saturated carbocycles. The second-order valence-corrected chi connectivity index (χ2v) is 14.5. The molecule has 0 bridgehead atoms. The highest BCUT2D eigenvalue weighted by atomic mass is 79.9. The lowest BCUT2D eigenvalue weighted by molar-refractivity contribution is 0.0463. The lowest BCUT2D eigenvalue weighted by Gasteiger charge is -2.22. The maximum atomic E-state index is 13.4. The molecular formula is C35H32Br2N6O6. The van der Waals surface area contributed by atoms with Crippen molar-refractivity contribution < 1.29 is 28.7 Å². The van der Waals surface area contributed by atoms with E-state index < -0.39 is 11.9 Å². The maximum absolute atomic E-state index is 13.4. The number of carbonyl (C=O) groups excluding carboxylic acids is 4.